The van der Waals surface area contributed by atoms with E-state index in [9.17, 15) is 4.39 Å². The van der Waals surface area contributed by atoms with Crippen LogP contribution < -0.4 is 5.73 Å². The van der Waals surface area contributed by atoms with Gasteiger partial charge in [-0.15, -0.1) is 0 Å². The molecule has 1 atom stereocenters. The third-order valence-electron chi connectivity index (χ3n) is 3.37. The number of hydrogen-bond donors (Lipinski definition) is 1. The van der Waals surface area contributed by atoms with Crippen molar-refractivity contribution in [1.82, 2.24) is 4.90 Å². The molecule has 1 unspecified atom stereocenters. The minimum absolute atomic E-state index is 0.133. The van der Waals surface area contributed by atoms with Crippen molar-refractivity contribution in [2.45, 2.75) is 12.6 Å². The van der Waals surface area contributed by atoms with Crippen molar-refractivity contribution in [3.05, 3.63) is 70.5 Å². The maximum Gasteiger partial charge on any atom is 0.146 e. The van der Waals surface area contributed by atoms with Crippen LogP contribution in [0.4, 0.5) is 4.39 Å². The summed E-state index contributed by atoms with van der Waals surface area (Å²) in [5, 5.41) is 0.133. The molecule has 2 aromatic rings. The molecule has 0 bridgehead atoms. The van der Waals surface area contributed by atoms with E-state index >= 15 is 0 Å². The zero-order chi connectivity index (χ0) is 14.5. The van der Waals surface area contributed by atoms with Crippen molar-refractivity contribution in [2.75, 3.05) is 13.6 Å². The van der Waals surface area contributed by atoms with Gasteiger partial charge in [0.15, 0.2) is 0 Å². The van der Waals surface area contributed by atoms with E-state index in [1.54, 1.807) is 18.2 Å². The van der Waals surface area contributed by atoms with Crippen LogP contribution in [-0.4, -0.2) is 18.5 Å². The summed E-state index contributed by atoms with van der Waals surface area (Å²) in [6.07, 6.45) is 0. The van der Waals surface area contributed by atoms with Crippen molar-refractivity contribution in [3.8, 4) is 0 Å². The van der Waals surface area contributed by atoms with Crippen molar-refractivity contribution < 1.29 is 4.39 Å². The summed E-state index contributed by atoms with van der Waals surface area (Å²) < 4.78 is 14.1. The monoisotopic (exact) mass is 292 g/mol. The third-order valence-corrected chi connectivity index (χ3v) is 3.66. The van der Waals surface area contributed by atoms with Gasteiger partial charge in [0.1, 0.15) is 5.82 Å². The molecular weight excluding hydrogens is 275 g/mol. The van der Waals surface area contributed by atoms with E-state index in [1.165, 1.54) is 0 Å². The third kappa shape index (κ3) is 3.37. The maximum atomic E-state index is 14.1. The van der Waals surface area contributed by atoms with E-state index in [4.69, 9.17) is 17.3 Å². The van der Waals surface area contributed by atoms with Crippen LogP contribution in [0.25, 0.3) is 0 Å². The molecule has 2 rings (SSSR count). The molecule has 0 spiro atoms. The lowest BCUT2D eigenvalue weighted by atomic mass is 10.0. The van der Waals surface area contributed by atoms with Crippen molar-refractivity contribution in [1.29, 1.82) is 0 Å². The van der Waals surface area contributed by atoms with Gasteiger partial charge in [0.25, 0.3) is 0 Å². The fourth-order valence-electron chi connectivity index (χ4n) is 2.30. The summed E-state index contributed by atoms with van der Waals surface area (Å²) in [7, 11) is 1.94. The van der Waals surface area contributed by atoms with Crippen LogP contribution in [-0.2, 0) is 6.54 Å². The smallest absolute Gasteiger partial charge is 0.146 e. The predicted octanol–water partition coefficient (Wildman–Crippen LogP) is 3.61. The predicted molar refractivity (Wildman–Crippen MR) is 81.1 cm³/mol. The molecule has 0 aliphatic rings. The molecule has 0 amide bonds. The maximum absolute atomic E-state index is 14.1. The van der Waals surface area contributed by atoms with E-state index in [0.717, 1.165) is 5.56 Å². The fourth-order valence-corrected chi connectivity index (χ4v) is 2.49. The van der Waals surface area contributed by atoms with Crippen molar-refractivity contribution >= 4 is 11.6 Å². The lowest BCUT2D eigenvalue weighted by Gasteiger charge is -2.28. The van der Waals surface area contributed by atoms with Gasteiger partial charge < -0.3 is 5.73 Å². The number of rotatable bonds is 5. The fraction of sp³-hybridized carbons (Fsp3) is 0.250. The van der Waals surface area contributed by atoms with E-state index in [0.29, 0.717) is 18.7 Å². The Labute approximate surface area is 124 Å². The Morgan fingerprint density at radius 1 is 1.15 bits per heavy atom. The largest absolute Gasteiger partial charge is 0.329 e. The van der Waals surface area contributed by atoms with Crippen LogP contribution in [0.1, 0.15) is 17.2 Å². The zero-order valence-corrected chi connectivity index (χ0v) is 12.1. The van der Waals surface area contributed by atoms with Gasteiger partial charge in [-0.2, -0.15) is 0 Å². The molecule has 2 N–H and O–H groups in total. The quantitative estimate of drug-likeness (QED) is 0.912. The SMILES string of the molecule is CN(Cc1ccccc1)C(CN)c1cccc(Cl)c1F. The lowest BCUT2D eigenvalue weighted by Crippen LogP contribution is -2.30. The standard InChI is InChI=1S/C16H18ClFN2/c1-20(11-12-6-3-2-4-7-12)15(10-19)13-8-5-9-14(17)16(13)18/h2-9,15H,10-11,19H2,1H3. The normalized spacial score (nSPS) is 12.7. The second-order valence-corrected chi connectivity index (χ2v) is 5.20. The van der Waals surface area contributed by atoms with Gasteiger partial charge in [-0.05, 0) is 18.7 Å². The molecule has 106 valence electrons. The molecule has 0 aromatic heterocycles. The Morgan fingerprint density at radius 2 is 1.85 bits per heavy atom. The van der Waals surface area contributed by atoms with E-state index in [1.807, 2.05) is 42.3 Å². The van der Waals surface area contributed by atoms with Crippen molar-refractivity contribution in [3.63, 3.8) is 0 Å². The van der Waals surface area contributed by atoms with Crippen molar-refractivity contribution in [2.24, 2.45) is 5.73 Å². The highest BCUT2D eigenvalue weighted by Crippen LogP contribution is 2.27. The number of nitrogens with two attached hydrogens (primary N) is 1. The molecular formula is C16H18ClFN2. The summed E-state index contributed by atoms with van der Waals surface area (Å²) in [4.78, 5) is 2.03. The Morgan fingerprint density at radius 3 is 2.50 bits per heavy atom. The molecule has 0 aliphatic carbocycles. The minimum Gasteiger partial charge on any atom is -0.329 e. The Hall–Kier alpha value is -1.42. The first-order valence-electron chi connectivity index (χ1n) is 6.51. The Bertz CT molecular complexity index is 560. The van der Waals surface area contributed by atoms with Crippen LogP contribution in [0.5, 0.6) is 0 Å². The first-order valence-corrected chi connectivity index (χ1v) is 6.89. The van der Waals surface area contributed by atoms with Crippen LogP contribution in [0.2, 0.25) is 5.02 Å². The molecule has 0 radical (unpaired) electrons. The second kappa shape index (κ2) is 6.84. The molecule has 0 fully saturated rings. The molecule has 4 heteroatoms. The molecule has 2 nitrogen and oxygen atoms in total. The van der Waals surface area contributed by atoms with Crippen LogP contribution in [0, 0.1) is 5.82 Å². The van der Waals surface area contributed by atoms with E-state index < -0.39 is 0 Å². The van der Waals surface area contributed by atoms with E-state index in [2.05, 4.69) is 0 Å². The molecule has 0 aliphatic heterocycles. The first-order chi connectivity index (χ1) is 9.63. The highest BCUT2D eigenvalue weighted by molar-refractivity contribution is 6.30. The second-order valence-electron chi connectivity index (χ2n) is 4.80. The molecule has 0 saturated carbocycles. The summed E-state index contributed by atoms with van der Waals surface area (Å²) in [6.45, 7) is 1.04. The number of benzene rings is 2. The topological polar surface area (TPSA) is 29.3 Å². The van der Waals surface area contributed by atoms with Crippen LogP contribution >= 0.6 is 11.6 Å². The summed E-state index contributed by atoms with van der Waals surface area (Å²) in [6, 6.07) is 14.9. The van der Waals surface area contributed by atoms with Gasteiger partial charge in [-0.1, -0.05) is 54.1 Å². The average molecular weight is 293 g/mol. The summed E-state index contributed by atoms with van der Waals surface area (Å²) in [5.41, 5.74) is 7.53. The molecule has 2 aromatic carbocycles. The van der Waals surface area contributed by atoms with Crippen LogP contribution in [0.3, 0.4) is 0 Å². The van der Waals surface area contributed by atoms with E-state index in [-0.39, 0.29) is 16.9 Å². The Kier molecular flexibility index (Phi) is 5.12. The summed E-state index contributed by atoms with van der Waals surface area (Å²) >= 11 is 5.85. The molecule has 20 heavy (non-hydrogen) atoms. The Balaban J connectivity index is 2.21. The van der Waals surface area contributed by atoms with Gasteiger partial charge >= 0.3 is 0 Å². The van der Waals surface area contributed by atoms with Gasteiger partial charge in [0, 0.05) is 24.7 Å². The first kappa shape index (κ1) is 15.0. The number of halogens is 2. The van der Waals surface area contributed by atoms with Gasteiger partial charge in [-0.25, -0.2) is 4.39 Å². The zero-order valence-electron chi connectivity index (χ0n) is 11.4. The van der Waals surface area contributed by atoms with Gasteiger partial charge in [-0.3, -0.25) is 4.90 Å². The van der Waals surface area contributed by atoms with Gasteiger partial charge in [0.05, 0.1) is 5.02 Å². The summed E-state index contributed by atoms with van der Waals surface area (Å²) in [5.74, 6) is -0.385. The number of nitrogens with zero attached hydrogens (tertiary/aromatic N) is 1. The molecule has 0 heterocycles. The minimum atomic E-state index is -0.385. The molecule has 0 saturated heterocycles. The average Bonchev–Trinajstić information content (AvgIpc) is 2.45. The lowest BCUT2D eigenvalue weighted by molar-refractivity contribution is 0.237. The van der Waals surface area contributed by atoms with Crippen LogP contribution in [0.15, 0.2) is 48.5 Å². The van der Waals surface area contributed by atoms with Gasteiger partial charge in [0.2, 0.25) is 0 Å². The number of likely N-dealkylation sites (N-methyl/N-ethyl adjacent to an activating group) is 1. The number of hydrogen-bond acceptors (Lipinski definition) is 2. The highest BCUT2D eigenvalue weighted by atomic mass is 35.5. The highest BCUT2D eigenvalue weighted by Gasteiger charge is 2.20.